The van der Waals surface area contributed by atoms with E-state index in [0.717, 1.165) is 16.6 Å². The van der Waals surface area contributed by atoms with Crippen LogP contribution in [0.1, 0.15) is 12.8 Å². The van der Waals surface area contributed by atoms with E-state index >= 15 is 0 Å². The van der Waals surface area contributed by atoms with Crippen LogP contribution in [0.2, 0.25) is 0 Å². The topological polar surface area (TPSA) is 97.1 Å². The number of rotatable bonds is 2. The quantitative estimate of drug-likeness (QED) is 0.559. The van der Waals surface area contributed by atoms with E-state index in [9.17, 15) is 9.59 Å². The van der Waals surface area contributed by atoms with Gasteiger partial charge in [0.1, 0.15) is 6.04 Å². The Balaban J connectivity index is 1.91. The second-order valence-corrected chi connectivity index (χ2v) is 4.78. The first-order valence-electron chi connectivity index (χ1n) is 6.38. The van der Waals surface area contributed by atoms with Crippen molar-refractivity contribution in [2.75, 3.05) is 11.1 Å². The van der Waals surface area contributed by atoms with Gasteiger partial charge in [-0.3, -0.25) is 19.9 Å². The standard InChI is InChI=1S/C14H14N4O2/c15-8-1-2-9-10(5-6-16-12(9)7-8)17-11-3-4-13(19)18-14(11)20/h1-2,5-7,11H,3-4,15H2,(H,16,17)(H,18,19,20). The molecule has 2 heterocycles. The van der Waals surface area contributed by atoms with Gasteiger partial charge in [-0.2, -0.15) is 0 Å². The van der Waals surface area contributed by atoms with Crippen LogP contribution in [0.4, 0.5) is 11.4 Å². The molecule has 0 saturated carbocycles. The highest BCUT2D eigenvalue weighted by Gasteiger charge is 2.26. The zero-order valence-electron chi connectivity index (χ0n) is 10.7. The van der Waals surface area contributed by atoms with Crippen molar-refractivity contribution in [1.82, 2.24) is 10.3 Å². The third-order valence-electron chi connectivity index (χ3n) is 3.34. The van der Waals surface area contributed by atoms with Crippen molar-refractivity contribution < 1.29 is 9.59 Å². The van der Waals surface area contributed by atoms with Gasteiger partial charge in [-0.25, -0.2) is 0 Å². The van der Waals surface area contributed by atoms with Crippen molar-refractivity contribution in [3.8, 4) is 0 Å². The van der Waals surface area contributed by atoms with Crippen LogP contribution in [-0.4, -0.2) is 22.8 Å². The van der Waals surface area contributed by atoms with Crippen LogP contribution in [0.5, 0.6) is 0 Å². The number of aromatic nitrogens is 1. The van der Waals surface area contributed by atoms with Crippen LogP contribution in [0, 0.1) is 0 Å². The zero-order valence-corrected chi connectivity index (χ0v) is 10.7. The number of hydrogen-bond donors (Lipinski definition) is 3. The van der Waals surface area contributed by atoms with E-state index in [1.165, 1.54) is 0 Å². The summed E-state index contributed by atoms with van der Waals surface area (Å²) in [5, 5.41) is 6.39. The summed E-state index contributed by atoms with van der Waals surface area (Å²) in [6.07, 6.45) is 2.50. The highest BCUT2D eigenvalue weighted by molar-refractivity contribution is 6.02. The van der Waals surface area contributed by atoms with Crippen LogP contribution >= 0.6 is 0 Å². The average Bonchev–Trinajstić information content (AvgIpc) is 2.41. The van der Waals surface area contributed by atoms with E-state index in [1.807, 2.05) is 12.1 Å². The fourth-order valence-corrected chi connectivity index (χ4v) is 2.31. The molecule has 1 aliphatic heterocycles. The molecule has 1 fully saturated rings. The maximum absolute atomic E-state index is 11.8. The van der Waals surface area contributed by atoms with Crippen LogP contribution in [0.15, 0.2) is 30.5 Å². The van der Waals surface area contributed by atoms with Gasteiger partial charge in [0.2, 0.25) is 11.8 Å². The van der Waals surface area contributed by atoms with Crippen molar-refractivity contribution in [3.63, 3.8) is 0 Å². The van der Waals surface area contributed by atoms with E-state index in [1.54, 1.807) is 18.3 Å². The Bertz CT molecular complexity index is 699. The minimum atomic E-state index is -0.407. The zero-order chi connectivity index (χ0) is 14.1. The molecule has 0 spiro atoms. The summed E-state index contributed by atoms with van der Waals surface area (Å²) in [7, 11) is 0. The second-order valence-electron chi connectivity index (χ2n) is 4.78. The summed E-state index contributed by atoms with van der Waals surface area (Å²) >= 11 is 0. The SMILES string of the molecule is Nc1ccc2c(NC3CCC(=O)NC3=O)ccnc2c1. The molecule has 0 bridgehead atoms. The number of nitrogens with two attached hydrogens (primary N) is 1. The number of anilines is 2. The van der Waals surface area contributed by atoms with Crippen LogP contribution in [-0.2, 0) is 9.59 Å². The number of piperidine rings is 1. The number of imide groups is 1. The molecule has 6 nitrogen and oxygen atoms in total. The molecule has 2 aromatic rings. The number of nitrogens with zero attached hydrogens (tertiary/aromatic N) is 1. The van der Waals surface area contributed by atoms with E-state index < -0.39 is 6.04 Å². The first kappa shape index (κ1) is 12.4. The first-order chi connectivity index (χ1) is 9.63. The van der Waals surface area contributed by atoms with Crippen molar-refractivity contribution in [1.29, 1.82) is 0 Å². The third kappa shape index (κ3) is 2.27. The van der Waals surface area contributed by atoms with E-state index in [0.29, 0.717) is 18.5 Å². The number of amides is 2. The Morgan fingerprint density at radius 1 is 1.30 bits per heavy atom. The molecule has 102 valence electrons. The number of carbonyl (C=O) groups excluding carboxylic acids is 2. The second kappa shape index (κ2) is 4.80. The Hall–Kier alpha value is -2.63. The molecule has 1 aliphatic rings. The molecule has 20 heavy (non-hydrogen) atoms. The fourth-order valence-electron chi connectivity index (χ4n) is 2.31. The number of carbonyl (C=O) groups is 2. The van der Waals surface area contributed by atoms with Gasteiger partial charge in [0, 0.05) is 29.4 Å². The van der Waals surface area contributed by atoms with Crippen molar-refractivity contribution in [2.45, 2.75) is 18.9 Å². The molecule has 1 atom stereocenters. The van der Waals surface area contributed by atoms with Crippen LogP contribution < -0.4 is 16.4 Å². The smallest absolute Gasteiger partial charge is 0.249 e. The Labute approximate surface area is 115 Å². The number of pyridine rings is 1. The summed E-state index contributed by atoms with van der Waals surface area (Å²) in [6.45, 7) is 0. The Kier molecular flexibility index (Phi) is 2.98. The highest BCUT2D eigenvalue weighted by atomic mass is 16.2. The first-order valence-corrected chi connectivity index (χ1v) is 6.38. The molecular weight excluding hydrogens is 256 g/mol. The lowest BCUT2D eigenvalue weighted by Gasteiger charge is -2.23. The van der Waals surface area contributed by atoms with Crippen LogP contribution in [0.3, 0.4) is 0 Å². The number of benzene rings is 1. The molecule has 0 radical (unpaired) electrons. The molecule has 1 aromatic carbocycles. The fraction of sp³-hybridized carbons (Fsp3) is 0.214. The molecular formula is C14H14N4O2. The monoisotopic (exact) mass is 270 g/mol. The van der Waals surface area contributed by atoms with E-state index in [-0.39, 0.29) is 11.8 Å². The van der Waals surface area contributed by atoms with Gasteiger partial charge < -0.3 is 11.1 Å². The van der Waals surface area contributed by atoms with E-state index in [4.69, 9.17) is 5.73 Å². The van der Waals surface area contributed by atoms with Crippen LogP contribution in [0.25, 0.3) is 10.9 Å². The summed E-state index contributed by atoms with van der Waals surface area (Å²) in [5.74, 6) is -0.512. The maximum atomic E-state index is 11.8. The lowest BCUT2D eigenvalue weighted by Crippen LogP contribution is -2.47. The largest absolute Gasteiger partial charge is 0.399 e. The number of nitrogens with one attached hydrogen (secondary N) is 2. The lowest BCUT2D eigenvalue weighted by molar-refractivity contribution is -0.133. The summed E-state index contributed by atoms with van der Waals surface area (Å²) < 4.78 is 0. The van der Waals surface area contributed by atoms with Crippen molar-refractivity contribution in [3.05, 3.63) is 30.5 Å². The van der Waals surface area contributed by atoms with E-state index in [2.05, 4.69) is 15.6 Å². The summed E-state index contributed by atoms with van der Waals surface area (Å²) in [5.41, 5.74) is 7.95. The minimum Gasteiger partial charge on any atom is -0.399 e. The predicted molar refractivity (Wildman–Crippen MR) is 75.9 cm³/mol. The maximum Gasteiger partial charge on any atom is 0.249 e. The van der Waals surface area contributed by atoms with Gasteiger partial charge >= 0.3 is 0 Å². The number of fused-ring (bicyclic) bond motifs is 1. The Morgan fingerprint density at radius 2 is 2.15 bits per heavy atom. The molecule has 6 heteroatoms. The van der Waals surface area contributed by atoms with Gasteiger partial charge in [0.05, 0.1) is 5.52 Å². The van der Waals surface area contributed by atoms with Crippen molar-refractivity contribution >= 4 is 34.1 Å². The molecule has 1 unspecified atom stereocenters. The van der Waals surface area contributed by atoms with Crippen molar-refractivity contribution in [2.24, 2.45) is 0 Å². The predicted octanol–water partition coefficient (Wildman–Crippen LogP) is 1.03. The molecule has 3 rings (SSSR count). The average molecular weight is 270 g/mol. The number of nitrogen functional groups attached to an aromatic ring is 1. The summed E-state index contributed by atoms with van der Waals surface area (Å²) in [4.78, 5) is 27.2. The normalized spacial score (nSPS) is 18.9. The van der Waals surface area contributed by atoms with Gasteiger partial charge in [-0.1, -0.05) is 0 Å². The molecule has 2 amide bonds. The minimum absolute atomic E-state index is 0.222. The Morgan fingerprint density at radius 3 is 2.95 bits per heavy atom. The molecule has 1 aromatic heterocycles. The third-order valence-corrected chi connectivity index (χ3v) is 3.34. The summed E-state index contributed by atoms with van der Waals surface area (Å²) in [6, 6.07) is 6.84. The molecule has 1 saturated heterocycles. The lowest BCUT2D eigenvalue weighted by atomic mass is 10.0. The molecule has 0 aliphatic carbocycles. The van der Waals surface area contributed by atoms with Gasteiger partial charge in [-0.05, 0) is 30.7 Å². The number of hydrogen-bond acceptors (Lipinski definition) is 5. The van der Waals surface area contributed by atoms with Gasteiger partial charge in [0.15, 0.2) is 0 Å². The highest BCUT2D eigenvalue weighted by Crippen LogP contribution is 2.25. The van der Waals surface area contributed by atoms with Gasteiger partial charge in [-0.15, -0.1) is 0 Å². The van der Waals surface area contributed by atoms with Gasteiger partial charge in [0.25, 0.3) is 0 Å². The molecule has 4 N–H and O–H groups in total.